The average molecular weight is 342 g/mol. The van der Waals surface area contributed by atoms with Crippen molar-refractivity contribution in [2.24, 2.45) is 5.92 Å². The Balaban J connectivity index is 1.79. The highest BCUT2D eigenvalue weighted by Crippen LogP contribution is 2.29. The van der Waals surface area contributed by atoms with E-state index in [9.17, 15) is 4.79 Å². The van der Waals surface area contributed by atoms with E-state index in [1.54, 1.807) is 0 Å². The molecular formula is C21H30N2O2. The second kappa shape index (κ2) is 8.05. The molecule has 1 aromatic heterocycles. The van der Waals surface area contributed by atoms with Crippen molar-refractivity contribution in [1.82, 2.24) is 10.2 Å². The molecule has 2 atom stereocenters. The Hall–Kier alpha value is -1.81. The summed E-state index contributed by atoms with van der Waals surface area (Å²) in [7, 11) is 1.93. The van der Waals surface area contributed by atoms with E-state index >= 15 is 0 Å². The summed E-state index contributed by atoms with van der Waals surface area (Å²) >= 11 is 0. The Labute approximate surface area is 150 Å². The second-order valence-electron chi connectivity index (χ2n) is 7.37. The van der Waals surface area contributed by atoms with Gasteiger partial charge in [-0.05, 0) is 38.8 Å². The van der Waals surface area contributed by atoms with Gasteiger partial charge in [-0.3, -0.25) is 4.79 Å². The highest BCUT2D eigenvalue weighted by molar-refractivity contribution is 5.84. The molecular weight excluding hydrogens is 312 g/mol. The zero-order valence-corrected chi connectivity index (χ0v) is 15.7. The van der Waals surface area contributed by atoms with Crippen LogP contribution in [0.1, 0.15) is 50.9 Å². The number of rotatable bonds is 6. The Morgan fingerprint density at radius 3 is 2.92 bits per heavy atom. The van der Waals surface area contributed by atoms with Crippen LogP contribution in [0.5, 0.6) is 0 Å². The van der Waals surface area contributed by atoms with Gasteiger partial charge >= 0.3 is 0 Å². The van der Waals surface area contributed by atoms with Gasteiger partial charge in [0.25, 0.3) is 0 Å². The molecule has 3 rings (SSSR count). The molecule has 1 fully saturated rings. The summed E-state index contributed by atoms with van der Waals surface area (Å²) in [6.45, 7) is 5.91. The summed E-state index contributed by atoms with van der Waals surface area (Å²) in [6, 6.07) is 8.59. The van der Waals surface area contributed by atoms with Crippen molar-refractivity contribution < 1.29 is 9.21 Å². The lowest BCUT2D eigenvalue weighted by Gasteiger charge is -2.30. The third-order valence-corrected chi connectivity index (χ3v) is 5.28. The molecule has 0 unspecified atom stereocenters. The number of hydrogen-bond donors (Lipinski definition) is 1. The Kier molecular flexibility index (Phi) is 5.79. The summed E-state index contributed by atoms with van der Waals surface area (Å²) < 4.78 is 6.10. The fourth-order valence-corrected chi connectivity index (χ4v) is 3.85. The molecule has 4 heteroatoms. The highest BCUT2D eigenvalue weighted by Gasteiger charge is 2.28. The highest BCUT2D eigenvalue weighted by atomic mass is 16.3. The first-order valence-electron chi connectivity index (χ1n) is 9.57. The van der Waals surface area contributed by atoms with Crippen molar-refractivity contribution in [2.75, 3.05) is 13.6 Å². The molecule has 4 nitrogen and oxygen atoms in total. The molecule has 1 aliphatic heterocycles. The van der Waals surface area contributed by atoms with E-state index < -0.39 is 0 Å². The van der Waals surface area contributed by atoms with Crippen LogP contribution in [-0.2, 0) is 17.8 Å². The maximum Gasteiger partial charge on any atom is 0.225 e. The molecule has 0 spiro atoms. The zero-order chi connectivity index (χ0) is 17.8. The number of furan rings is 1. The predicted molar refractivity (Wildman–Crippen MR) is 101 cm³/mol. The van der Waals surface area contributed by atoms with Crippen LogP contribution in [0.4, 0.5) is 0 Å². The minimum Gasteiger partial charge on any atom is -0.461 e. The summed E-state index contributed by atoms with van der Waals surface area (Å²) in [5.74, 6) is 1.44. The maximum atomic E-state index is 12.9. The minimum absolute atomic E-state index is 0.138. The zero-order valence-electron chi connectivity index (χ0n) is 15.7. The first kappa shape index (κ1) is 18.0. The van der Waals surface area contributed by atoms with Crippen LogP contribution in [0.25, 0.3) is 11.0 Å². The standard InChI is InChI=1S/C21H30N2O2/c1-4-5-9-20-18(17-8-6-7-10-19(17)25-20)14-23(3)21(24)16-11-12-22-15(2)13-16/h6-8,10,15-16,22H,4-5,9,11-14H2,1-3H3/t15-,16-/m0/s1. The number of piperidine rings is 1. The predicted octanol–water partition coefficient (Wildman–Crippen LogP) is 4.12. The molecule has 25 heavy (non-hydrogen) atoms. The van der Waals surface area contributed by atoms with Crippen molar-refractivity contribution in [3.05, 3.63) is 35.6 Å². The minimum atomic E-state index is 0.138. The molecule has 2 aromatic rings. The van der Waals surface area contributed by atoms with Gasteiger partial charge in [-0.15, -0.1) is 0 Å². The smallest absolute Gasteiger partial charge is 0.225 e. The molecule has 0 aliphatic carbocycles. The SMILES string of the molecule is CCCCc1oc2ccccc2c1CN(C)C(=O)[C@H]1CCN[C@@H](C)C1. The third kappa shape index (κ3) is 4.06. The van der Waals surface area contributed by atoms with Gasteiger partial charge in [-0.1, -0.05) is 31.5 Å². The lowest BCUT2D eigenvalue weighted by molar-refractivity contribution is -0.135. The van der Waals surface area contributed by atoms with Gasteiger partial charge < -0.3 is 14.6 Å². The quantitative estimate of drug-likeness (QED) is 0.859. The second-order valence-corrected chi connectivity index (χ2v) is 7.37. The number of nitrogens with one attached hydrogen (secondary N) is 1. The number of fused-ring (bicyclic) bond motifs is 1. The van der Waals surface area contributed by atoms with Crippen LogP contribution in [0.3, 0.4) is 0 Å². The molecule has 0 radical (unpaired) electrons. The van der Waals surface area contributed by atoms with Gasteiger partial charge in [0.2, 0.25) is 5.91 Å². The molecule has 0 bridgehead atoms. The van der Waals surface area contributed by atoms with Crippen molar-refractivity contribution in [2.45, 2.75) is 58.5 Å². The number of aryl methyl sites for hydroxylation is 1. The van der Waals surface area contributed by atoms with E-state index in [-0.39, 0.29) is 11.8 Å². The Morgan fingerprint density at radius 1 is 1.36 bits per heavy atom. The molecule has 0 saturated carbocycles. The van der Waals surface area contributed by atoms with Crippen LogP contribution in [0.15, 0.2) is 28.7 Å². The number of unbranched alkanes of at least 4 members (excludes halogenated alkanes) is 1. The topological polar surface area (TPSA) is 45.5 Å². The van der Waals surface area contributed by atoms with Crippen LogP contribution >= 0.6 is 0 Å². The van der Waals surface area contributed by atoms with Gasteiger partial charge in [0, 0.05) is 42.9 Å². The fourth-order valence-electron chi connectivity index (χ4n) is 3.85. The summed E-state index contributed by atoms with van der Waals surface area (Å²) in [5, 5.41) is 4.57. The number of carbonyl (C=O) groups excluding carboxylic acids is 1. The molecule has 1 N–H and O–H groups in total. The van der Waals surface area contributed by atoms with Crippen LogP contribution < -0.4 is 5.32 Å². The van der Waals surface area contributed by atoms with Crippen LogP contribution in [-0.4, -0.2) is 30.4 Å². The Morgan fingerprint density at radius 2 is 2.16 bits per heavy atom. The van der Waals surface area contributed by atoms with Crippen LogP contribution in [0, 0.1) is 5.92 Å². The fraction of sp³-hybridized carbons (Fsp3) is 0.571. The molecule has 1 aromatic carbocycles. The summed E-state index contributed by atoms with van der Waals surface area (Å²) in [5.41, 5.74) is 2.11. The Bertz CT molecular complexity index is 722. The van der Waals surface area contributed by atoms with E-state index in [1.807, 2.05) is 30.1 Å². The third-order valence-electron chi connectivity index (χ3n) is 5.28. The number of hydrogen-bond acceptors (Lipinski definition) is 3. The first-order valence-corrected chi connectivity index (χ1v) is 9.57. The van der Waals surface area contributed by atoms with Gasteiger partial charge in [-0.2, -0.15) is 0 Å². The van der Waals surface area contributed by atoms with Crippen LogP contribution in [0.2, 0.25) is 0 Å². The number of amides is 1. The first-order chi connectivity index (χ1) is 12.1. The largest absolute Gasteiger partial charge is 0.461 e. The molecule has 136 valence electrons. The van der Waals surface area contributed by atoms with Crippen molar-refractivity contribution in [1.29, 1.82) is 0 Å². The molecule has 1 saturated heterocycles. The van der Waals surface area contributed by atoms with Crippen molar-refractivity contribution in [3.63, 3.8) is 0 Å². The van der Waals surface area contributed by atoms with E-state index in [2.05, 4.69) is 25.2 Å². The number of nitrogens with zero attached hydrogens (tertiary/aromatic N) is 1. The summed E-state index contributed by atoms with van der Waals surface area (Å²) in [4.78, 5) is 14.8. The van der Waals surface area contributed by atoms with E-state index in [0.29, 0.717) is 12.6 Å². The lowest BCUT2D eigenvalue weighted by Crippen LogP contribution is -2.42. The maximum absolute atomic E-state index is 12.9. The number of carbonyl (C=O) groups is 1. The van der Waals surface area contributed by atoms with E-state index in [4.69, 9.17) is 4.42 Å². The lowest BCUT2D eigenvalue weighted by atomic mass is 9.92. The van der Waals surface area contributed by atoms with E-state index in [1.165, 1.54) is 5.56 Å². The monoisotopic (exact) mass is 342 g/mol. The molecule has 1 amide bonds. The summed E-state index contributed by atoms with van der Waals surface area (Å²) in [6.07, 6.45) is 5.04. The van der Waals surface area contributed by atoms with Gasteiger partial charge in [0.15, 0.2) is 0 Å². The van der Waals surface area contributed by atoms with Gasteiger partial charge in [-0.25, -0.2) is 0 Å². The number of benzene rings is 1. The number of para-hydroxylation sites is 1. The van der Waals surface area contributed by atoms with Crippen molar-refractivity contribution >= 4 is 16.9 Å². The van der Waals surface area contributed by atoms with E-state index in [0.717, 1.165) is 55.4 Å². The average Bonchev–Trinajstić information content (AvgIpc) is 2.97. The normalized spacial score (nSPS) is 20.8. The van der Waals surface area contributed by atoms with Gasteiger partial charge in [0.05, 0.1) is 0 Å². The van der Waals surface area contributed by atoms with Crippen molar-refractivity contribution in [3.8, 4) is 0 Å². The van der Waals surface area contributed by atoms with Gasteiger partial charge in [0.1, 0.15) is 11.3 Å². The molecule has 2 heterocycles. The molecule has 1 aliphatic rings.